The van der Waals surface area contributed by atoms with Gasteiger partial charge >= 0.3 is 0 Å². The van der Waals surface area contributed by atoms with Crippen LogP contribution in [0.1, 0.15) is 11.1 Å². The molecule has 0 aliphatic rings. The Bertz CT molecular complexity index is 480. The van der Waals surface area contributed by atoms with Gasteiger partial charge in [-0.1, -0.05) is 60.7 Å². The molecule has 4 heteroatoms. The Morgan fingerprint density at radius 3 is 1.94 bits per heavy atom. The van der Waals surface area contributed by atoms with Crippen LogP contribution in [-0.4, -0.2) is 5.84 Å². The summed E-state index contributed by atoms with van der Waals surface area (Å²) in [6.45, 7) is 0.627. The van der Waals surface area contributed by atoms with E-state index in [0.29, 0.717) is 12.4 Å². The first-order valence-electron chi connectivity index (χ1n) is 5.50. The highest BCUT2D eigenvalue weighted by molar-refractivity contribution is 5.97. The van der Waals surface area contributed by atoms with E-state index in [2.05, 4.69) is 4.99 Å². The monoisotopic (exact) mass is 240 g/mol. The summed E-state index contributed by atoms with van der Waals surface area (Å²) in [6.07, 6.45) is 0. The van der Waals surface area contributed by atoms with E-state index in [-0.39, 0.29) is 0 Å². The summed E-state index contributed by atoms with van der Waals surface area (Å²) in [5, 5.41) is 0. The van der Waals surface area contributed by atoms with Crippen molar-refractivity contribution < 1.29 is 0 Å². The van der Waals surface area contributed by atoms with Gasteiger partial charge in [-0.2, -0.15) is 0 Å². The van der Waals surface area contributed by atoms with Crippen molar-refractivity contribution in [2.45, 2.75) is 6.54 Å². The Hall–Kier alpha value is -2.49. The zero-order valence-corrected chi connectivity index (χ0v) is 10.0. The zero-order valence-electron chi connectivity index (χ0n) is 10.0. The van der Waals surface area contributed by atoms with Crippen molar-refractivity contribution in [3.8, 4) is 0 Å². The lowest BCUT2D eigenvalue weighted by Gasteiger charge is -2.00. The van der Waals surface area contributed by atoms with E-state index in [1.165, 1.54) is 5.56 Å². The third-order valence-electron chi connectivity index (χ3n) is 2.34. The van der Waals surface area contributed by atoms with Crippen LogP contribution in [0.15, 0.2) is 65.7 Å². The van der Waals surface area contributed by atoms with E-state index in [4.69, 9.17) is 16.8 Å². The minimum absolute atomic E-state index is 0.587. The van der Waals surface area contributed by atoms with Gasteiger partial charge in [-0.05, 0) is 5.56 Å². The first-order chi connectivity index (χ1) is 8.86. The van der Waals surface area contributed by atoms with Crippen LogP contribution in [0.3, 0.4) is 0 Å². The molecule has 18 heavy (non-hydrogen) atoms. The number of aliphatic imine (C=N–C) groups is 1. The third kappa shape index (κ3) is 4.17. The van der Waals surface area contributed by atoms with Crippen molar-refractivity contribution >= 4 is 5.84 Å². The molecule has 0 aliphatic heterocycles. The van der Waals surface area contributed by atoms with Crippen LogP contribution in [0.4, 0.5) is 0 Å². The molecule has 0 saturated heterocycles. The van der Waals surface area contributed by atoms with E-state index in [0.717, 1.165) is 5.56 Å². The number of hydrogen-bond donors (Lipinski definition) is 3. The molecule has 0 fully saturated rings. The second kappa shape index (κ2) is 7.73. The summed E-state index contributed by atoms with van der Waals surface area (Å²) in [5.41, 5.74) is 18.0. The summed E-state index contributed by atoms with van der Waals surface area (Å²) in [6, 6.07) is 19.9. The predicted molar refractivity (Wildman–Crippen MR) is 72.8 cm³/mol. The van der Waals surface area contributed by atoms with Gasteiger partial charge in [0, 0.05) is 5.56 Å². The molecule has 2 aromatic rings. The van der Waals surface area contributed by atoms with E-state index in [1.807, 2.05) is 60.7 Å². The average molecular weight is 240 g/mol. The van der Waals surface area contributed by atoms with Crippen molar-refractivity contribution in [1.29, 1.82) is 11.1 Å². The molecule has 4 N–H and O–H groups in total. The fourth-order valence-corrected chi connectivity index (χ4v) is 1.46. The molecule has 0 spiro atoms. The van der Waals surface area contributed by atoms with Crippen LogP contribution in [0.25, 0.3) is 0 Å². The number of nitrogens with zero attached hydrogens (tertiary/aromatic N) is 1. The maximum Gasteiger partial charge on any atom is 0.125 e. The van der Waals surface area contributed by atoms with Crippen LogP contribution in [0.2, 0.25) is 0 Å². The summed E-state index contributed by atoms with van der Waals surface area (Å²) in [5.74, 6) is 0.587. The highest BCUT2D eigenvalue weighted by atomic mass is 14.8. The van der Waals surface area contributed by atoms with Gasteiger partial charge < -0.3 is 5.73 Å². The van der Waals surface area contributed by atoms with Gasteiger partial charge in [-0.25, -0.2) is 11.1 Å². The molecule has 0 aromatic heterocycles. The second-order valence-corrected chi connectivity index (χ2v) is 3.55. The van der Waals surface area contributed by atoms with Crippen molar-refractivity contribution in [3.63, 3.8) is 0 Å². The fourth-order valence-electron chi connectivity index (χ4n) is 1.46. The number of nitrogens with one attached hydrogen (secondary N) is 2. The van der Waals surface area contributed by atoms with Crippen LogP contribution < -0.4 is 5.73 Å². The lowest BCUT2D eigenvalue weighted by atomic mass is 10.2. The lowest BCUT2D eigenvalue weighted by molar-refractivity contribution is 1.05. The number of amidine groups is 1. The topological polar surface area (TPSA) is 86.1 Å². The number of nitrogens with two attached hydrogens (primary N) is 1. The molecule has 2 aromatic carbocycles. The van der Waals surface area contributed by atoms with E-state index < -0.39 is 0 Å². The molecule has 2 rings (SSSR count). The van der Waals surface area contributed by atoms with Crippen LogP contribution in [0.5, 0.6) is 0 Å². The number of rotatable bonds is 3. The normalized spacial score (nSPS) is 10.3. The van der Waals surface area contributed by atoms with Crippen molar-refractivity contribution in [2.75, 3.05) is 0 Å². The maximum atomic E-state index is 5.89. The van der Waals surface area contributed by atoms with Crippen LogP contribution >= 0.6 is 0 Å². The van der Waals surface area contributed by atoms with Gasteiger partial charge in [0.1, 0.15) is 5.84 Å². The summed E-state index contributed by atoms with van der Waals surface area (Å²) < 4.78 is 0. The second-order valence-electron chi connectivity index (χ2n) is 3.55. The van der Waals surface area contributed by atoms with Crippen molar-refractivity contribution in [1.82, 2.24) is 0 Å². The Balaban J connectivity index is 0.000000771. The van der Waals surface area contributed by atoms with Gasteiger partial charge in [0.05, 0.1) is 6.54 Å². The third-order valence-corrected chi connectivity index (χ3v) is 2.34. The minimum Gasteiger partial charge on any atom is -0.383 e. The zero-order chi connectivity index (χ0) is 13.2. The lowest BCUT2D eigenvalue weighted by Crippen LogP contribution is -2.13. The predicted octanol–water partition coefficient (Wildman–Crippen LogP) is 3.19. The van der Waals surface area contributed by atoms with E-state index in [1.54, 1.807) is 0 Å². The Kier molecular flexibility index (Phi) is 5.83. The smallest absolute Gasteiger partial charge is 0.125 e. The molecule has 0 bridgehead atoms. The molecule has 0 saturated carbocycles. The molecule has 0 unspecified atom stereocenters. The first-order valence-corrected chi connectivity index (χ1v) is 5.50. The summed E-state index contributed by atoms with van der Waals surface area (Å²) >= 11 is 0. The Morgan fingerprint density at radius 1 is 0.889 bits per heavy atom. The average Bonchev–Trinajstić information content (AvgIpc) is 2.49. The van der Waals surface area contributed by atoms with Gasteiger partial charge in [0.15, 0.2) is 0 Å². The molecule has 0 heterocycles. The van der Waals surface area contributed by atoms with Gasteiger partial charge in [-0.3, -0.25) is 4.99 Å². The number of hydrogen-bond acceptors (Lipinski definition) is 3. The van der Waals surface area contributed by atoms with Gasteiger partial charge in [0.25, 0.3) is 0 Å². The molecule has 92 valence electrons. The first kappa shape index (κ1) is 13.6. The minimum atomic E-state index is 0.587. The number of benzene rings is 2. The van der Waals surface area contributed by atoms with Crippen LogP contribution in [0, 0.1) is 11.1 Å². The quantitative estimate of drug-likeness (QED) is 0.429. The SMILES string of the molecule is N=N.NC(=NCc1ccccc1)c1ccccc1. The van der Waals surface area contributed by atoms with E-state index >= 15 is 0 Å². The molecular weight excluding hydrogens is 224 g/mol. The Morgan fingerprint density at radius 2 is 1.39 bits per heavy atom. The van der Waals surface area contributed by atoms with Crippen LogP contribution in [-0.2, 0) is 6.54 Å². The molecule has 0 amide bonds. The standard InChI is InChI=1S/C14H14N2.H2N2/c15-14(13-9-5-2-6-10-13)16-11-12-7-3-1-4-8-12;1-2/h1-10H,11H2,(H2,15,16);1-2H. The molecule has 0 atom stereocenters. The van der Waals surface area contributed by atoms with Crippen molar-refractivity contribution in [3.05, 3.63) is 71.8 Å². The largest absolute Gasteiger partial charge is 0.383 e. The maximum absolute atomic E-state index is 5.89. The highest BCUT2D eigenvalue weighted by Crippen LogP contribution is 2.02. The summed E-state index contributed by atoms with van der Waals surface area (Å²) in [7, 11) is 0. The van der Waals surface area contributed by atoms with E-state index in [9.17, 15) is 0 Å². The summed E-state index contributed by atoms with van der Waals surface area (Å²) in [4.78, 5) is 4.36. The van der Waals surface area contributed by atoms with Gasteiger partial charge in [-0.15, -0.1) is 0 Å². The Labute approximate surface area is 106 Å². The molecule has 4 nitrogen and oxygen atoms in total. The molecule has 0 radical (unpaired) electrons. The molecule has 0 aliphatic carbocycles. The van der Waals surface area contributed by atoms with Gasteiger partial charge in [0.2, 0.25) is 0 Å². The fraction of sp³-hybridized carbons (Fsp3) is 0.0714. The van der Waals surface area contributed by atoms with Crippen molar-refractivity contribution in [2.24, 2.45) is 10.7 Å². The highest BCUT2D eigenvalue weighted by Gasteiger charge is 1.95. The molecular formula is C14H16N4.